The Hall–Kier alpha value is -4.61. The van der Waals surface area contributed by atoms with E-state index >= 15 is 0 Å². The van der Waals surface area contributed by atoms with Gasteiger partial charge in [-0.25, -0.2) is 9.59 Å². The molecule has 2 aliphatic heterocycles. The summed E-state index contributed by atoms with van der Waals surface area (Å²) in [6.45, 7) is 6.94. The van der Waals surface area contributed by atoms with Gasteiger partial charge in [0.2, 0.25) is 17.7 Å². The first-order valence-electron chi connectivity index (χ1n) is 15.9. The van der Waals surface area contributed by atoms with Gasteiger partial charge in [0.15, 0.2) is 0 Å². The van der Waals surface area contributed by atoms with Crippen LogP contribution in [0.25, 0.3) is 0 Å². The molecule has 248 valence electrons. The SMILES string of the molecule is CC[C@H](NC(=O)OC(C)(C)C)C(=O)N[C@@H]1C(=O)N2[C@@H](CC[C@@H]1CNC(N)=O)CC[C@H]2C(=O)NC(c1ccccc1)c1ccccc1. The molecule has 2 heterocycles. The van der Waals surface area contributed by atoms with E-state index in [1.807, 2.05) is 60.7 Å². The molecular formula is C34H46N6O6. The first-order chi connectivity index (χ1) is 21.9. The van der Waals surface area contributed by atoms with Gasteiger partial charge < -0.3 is 36.6 Å². The van der Waals surface area contributed by atoms with E-state index in [0.717, 1.165) is 11.1 Å². The number of amides is 6. The fraction of sp³-hybridized carbons (Fsp3) is 0.500. The van der Waals surface area contributed by atoms with Crippen LogP contribution in [0.5, 0.6) is 0 Å². The average Bonchev–Trinajstić information content (AvgIpc) is 3.40. The van der Waals surface area contributed by atoms with Crippen molar-refractivity contribution in [2.45, 2.75) is 95.6 Å². The average molecular weight is 635 g/mol. The molecule has 0 radical (unpaired) electrons. The highest BCUT2D eigenvalue weighted by Crippen LogP contribution is 2.35. The summed E-state index contributed by atoms with van der Waals surface area (Å²) >= 11 is 0. The van der Waals surface area contributed by atoms with E-state index in [9.17, 15) is 24.0 Å². The van der Waals surface area contributed by atoms with Crippen molar-refractivity contribution in [3.63, 3.8) is 0 Å². The number of rotatable bonds is 10. The van der Waals surface area contributed by atoms with E-state index in [-0.39, 0.29) is 24.9 Å². The van der Waals surface area contributed by atoms with Crippen molar-refractivity contribution in [1.82, 2.24) is 26.2 Å². The number of alkyl carbamates (subject to hydrolysis) is 1. The zero-order chi connectivity index (χ0) is 33.4. The predicted octanol–water partition coefficient (Wildman–Crippen LogP) is 3.12. The molecule has 5 atom stereocenters. The van der Waals surface area contributed by atoms with Crippen molar-refractivity contribution in [2.24, 2.45) is 11.7 Å². The molecule has 12 nitrogen and oxygen atoms in total. The minimum atomic E-state index is -1.06. The van der Waals surface area contributed by atoms with Crippen molar-refractivity contribution >= 4 is 29.8 Å². The molecule has 2 aromatic carbocycles. The maximum Gasteiger partial charge on any atom is 0.408 e. The molecule has 0 spiro atoms. The molecule has 2 aliphatic rings. The van der Waals surface area contributed by atoms with Crippen LogP contribution in [-0.4, -0.2) is 71.1 Å². The second kappa shape index (κ2) is 15.1. The molecule has 0 aliphatic carbocycles. The van der Waals surface area contributed by atoms with Gasteiger partial charge in [0.1, 0.15) is 23.7 Å². The Balaban J connectivity index is 1.57. The maximum atomic E-state index is 14.4. The van der Waals surface area contributed by atoms with E-state index in [2.05, 4.69) is 21.3 Å². The molecule has 6 N–H and O–H groups in total. The predicted molar refractivity (Wildman–Crippen MR) is 172 cm³/mol. The number of nitrogens with zero attached hydrogens (tertiary/aromatic N) is 1. The Labute approximate surface area is 270 Å². The fourth-order valence-corrected chi connectivity index (χ4v) is 6.27. The lowest BCUT2D eigenvalue weighted by molar-refractivity contribution is -0.143. The lowest BCUT2D eigenvalue weighted by Crippen LogP contribution is -2.60. The molecule has 6 amide bonds. The van der Waals surface area contributed by atoms with Gasteiger partial charge in [-0.3, -0.25) is 14.4 Å². The first-order valence-corrected chi connectivity index (χ1v) is 15.9. The van der Waals surface area contributed by atoms with Crippen LogP contribution in [0.4, 0.5) is 9.59 Å². The minimum Gasteiger partial charge on any atom is -0.444 e. The lowest BCUT2D eigenvalue weighted by atomic mass is 9.92. The Bertz CT molecular complexity index is 1340. The third kappa shape index (κ3) is 8.76. The standard InChI is InChI=1S/C34H46N6O6/c1-5-25(37-33(45)46-34(2,3)4)29(41)39-28-23(20-36-32(35)44)16-17-24-18-19-26(40(24)31(28)43)30(42)38-27(21-12-8-6-9-13-21)22-14-10-7-11-15-22/h6-15,23-28H,5,16-20H2,1-4H3,(H,37,45)(H,38,42)(H,39,41)(H3,35,36,44)/t23-,24+,25+,26+,28+/m1/s1. The number of hydrogen-bond acceptors (Lipinski definition) is 6. The zero-order valence-electron chi connectivity index (χ0n) is 27.0. The highest BCUT2D eigenvalue weighted by molar-refractivity contribution is 5.95. The van der Waals surface area contributed by atoms with Gasteiger partial charge >= 0.3 is 12.1 Å². The summed E-state index contributed by atoms with van der Waals surface area (Å²) in [6, 6.07) is 15.1. The van der Waals surface area contributed by atoms with Crippen LogP contribution >= 0.6 is 0 Å². The number of nitrogens with two attached hydrogens (primary N) is 1. The van der Waals surface area contributed by atoms with Gasteiger partial charge in [-0.2, -0.15) is 0 Å². The van der Waals surface area contributed by atoms with Crippen molar-refractivity contribution in [3.8, 4) is 0 Å². The van der Waals surface area contributed by atoms with Gasteiger partial charge in [0.05, 0.1) is 6.04 Å². The number of benzene rings is 2. The zero-order valence-corrected chi connectivity index (χ0v) is 27.0. The molecular weight excluding hydrogens is 588 g/mol. The van der Waals surface area contributed by atoms with Crippen LogP contribution in [0.3, 0.4) is 0 Å². The highest BCUT2D eigenvalue weighted by atomic mass is 16.6. The van der Waals surface area contributed by atoms with Crippen LogP contribution in [0.2, 0.25) is 0 Å². The molecule has 0 saturated carbocycles. The van der Waals surface area contributed by atoms with Crippen LogP contribution < -0.4 is 27.0 Å². The fourth-order valence-electron chi connectivity index (χ4n) is 6.27. The minimum absolute atomic E-state index is 0.0593. The van der Waals surface area contributed by atoms with Crippen LogP contribution in [0.1, 0.15) is 77.0 Å². The van der Waals surface area contributed by atoms with Gasteiger partial charge in [-0.1, -0.05) is 67.6 Å². The number of carbonyl (C=O) groups is 5. The van der Waals surface area contributed by atoms with E-state index in [0.29, 0.717) is 25.7 Å². The summed E-state index contributed by atoms with van der Waals surface area (Å²) in [6.07, 6.45) is 1.67. The second-order valence-electron chi connectivity index (χ2n) is 12.9. The number of fused-ring (bicyclic) bond motifs is 1. The van der Waals surface area contributed by atoms with E-state index in [1.165, 1.54) is 0 Å². The summed E-state index contributed by atoms with van der Waals surface area (Å²) in [7, 11) is 0. The third-order valence-electron chi connectivity index (χ3n) is 8.47. The largest absolute Gasteiger partial charge is 0.444 e. The van der Waals surface area contributed by atoms with Crippen molar-refractivity contribution in [2.75, 3.05) is 6.54 Å². The quantitative estimate of drug-likeness (QED) is 0.269. The smallest absolute Gasteiger partial charge is 0.408 e. The number of urea groups is 1. The monoisotopic (exact) mass is 634 g/mol. The van der Waals surface area contributed by atoms with Crippen LogP contribution in [0.15, 0.2) is 60.7 Å². The Kier molecular flexibility index (Phi) is 11.3. The molecule has 0 unspecified atom stereocenters. The summed E-state index contributed by atoms with van der Waals surface area (Å²) in [5.74, 6) is -1.75. The highest BCUT2D eigenvalue weighted by Gasteiger charge is 2.48. The molecule has 12 heteroatoms. The number of primary amides is 1. The van der Waals surface area contributed by atoms with Crippen molar-refractivity contribution in [3.05, 3.63) is 71.8 Å². The van der Waals surface area contributed by atoms with Crippen LogP contribution in [-0.2, 0) is 19.1 Å². The summed E-state index contributed by atoms with van der Waals surface area (Å²) < 4.78 is 5.32. The molecule has 2 aromatic rings. The molecule has 2 saturated heterocycles. The van der Waals surface area contributed by atoms with E-state index < -0.39 is 59.6 Å². The summed E-state index contributed by atoms with van der Waals surface area (Å²) in [5, 5.41) is 11.2. The second-order valence-corrected chi connectivity index (χ2v) is 12.9. The summed E-state index contributed by atoms with van der Waals surface area (Å²) in [5.41, 5.74) is 6.41. The lowest BCUT2D eigenvalue weighted by Gasteiger charge is -2.33. The normalized spacial score (nSPS) is 21.8. The Morgan fingerprint density at radius 2 is 1.50 bits per heavy atom. The molecule has 0 aromatic heterocycles. The maximum absolute atomic E-state index is 14.4. The number of hydrogen-bond donors (Lipinski definition) is 5. The Morgan fingerprint density at radius 1 is 0.913 bits per heavy atom. The van der Waals surface area contributed by atoms with Gasteiger partial charge in [0, 0.05) is 18.5 Å². The van der Waals surface area contributed by atoms with E-state index in [1.54, 1.807) is 32.6 Å². The molecule has 2 fully saturated rings. The molecule has 46 heavy (non-hydrogen) atoms. The first kappa shape index (κ1) is 34.3. The number of ether oxygens (including phenoxy) is 1. The van der Waals surface area contributed by atoms with Crippen molar-refractivity contribution in [1.29, 1.82) is 0 Å². The summed E-state index contributed by atoms with van der Waals surface area (Å²) in [4.78, 5) is 67.5. The molecule has 0 bridgehead atoms. The van der Waals surface area contributed by atoms with Crippen LogP contribution in [0, 0.1) is 5.92 Å². The van der Waals surface area contributed by atoms with Gasteiger partial charge in [0.25, 0.3) is 0 Å². The third-order valence-corrected chi connectivity index (χ3v) is 8.47. The number of carbonyl (C=O) groups excluding carboxylic acids is 5. The number of nitrogens with one attached hydrogen (secondary N) is 4. The van der Waals surface area contributed by atoms with Gasteiger partial charge in [-0.15, -0.1) is 0 Å². The van der Waals surface area contributed by atoms with E-state index in [4.69, 9.17) is 10.5 Å². The van der Waals surface area contributed by atoms with Gasteiger partial charge in [-0.05, 0) is 64.0 Å². The molecule has 4 rings (SSSR count). The van der Waals surface area contributed by atoms with Crippen molar-refractivity contribution < 1.29 is 28.7 Å². The Morgan fingerprint density at radius 3 is 2.04 bits per heavy atom. The topological polar surface area (TPSA) is 172 Å².